The van der Waals surface area contributed by atoms with Crippen LogP contribution in [0.3, 0.4) is 0 Å². The van der Waals surface area contributed by atoms with E-state index in [1.165, 1.54) is 0 Å². The number of benzene rings is 1. The first-order valence-electron chi connectivity index (χ1n) is 5.70. The van der Waals surface area contributed by atoms with Crippen molar-refractivity contribution in [2.45, 2.75) is 32.9 Å². The fourth-order valence-electron chi connectivity index (χ4n) is 1.51. The predicted octanol–water partition coefficient (Wildman–Crippen LogP) is 3.42. The van der Waals surface area contributed by atoms with Crippen LogP contribution < -0.4 is 5.32 Å². The summed E-state index contributed by atoms with van der Waals surface area (Å²) < 4.78 is 5.46. The molecular weight excluding hydrogens is 222 g/mol. The Labute approximate surface area is 103 Å². The van der Waals surface area contributed by atoms with Crippen LogP contribution in [0.5, 0.6) is 0 Å². The van der Waals surface area contributed by atoms with Gasteiger partial charge in [-0.3, -0.25) is 0 Å². The number of nitrogens with one attached hydrogen (secondary N) is 1. The molecule has 1 aromatic carbocycles. The molecule has 0 aliphatic heterocycles. The number of rotatable bonds is 6. The van der Waals surface area contributed by atoms with E-state index in [1.54, 1.807) is 0 Å². The molecule has 1 unspecified atom stereocenters. The highest BCUT2D eigenvalue weighted by Gasteiger charge is 2.07. The van der Waals surface area contributed by atoms with Crippen molar-refractivity contribution in [1.82, 2.24) is 5.32 Å². The lowest BCUT2D eigenvalue weighted by Gasteiger charge is -2.16. The Morgan fingerprint density at radius 2 is 1.94 bits per heavy atom. The first-order chi connectivity index (χ1) is 7.61. The number of hydrogen-bond acceptors (Lipinski definition) is 2. The van der Waals surface area contributed by atoms with Gasteiger partial charge in [0.15, 0.2) is 0 Å². The van der Waals surface area contributed by atoms with Gasteiger partial charge < -0.3 is 10.1 Å². The molecule has 0 amide bonds. The monoisotopic (exact) mass is 241 g/mol. The topological polar surface area (TPSA) is 21.3 Å². The smallest absolute Gasteiger partial charge is 0.0594 e. The fraction of sp³-hybridized carbons (Fsp3) is 0.538. The second kappa shape index (κ2) is 6.89. The van der Waals surface area contributed by atoms with Crippen molar-refractivity contribution >= 4 is 11.6 Å². The Morgan fingerprint density at radius 3 is 2.56 bits per heavy atom. The molecular formula is C13H20ClNO. The van der Waals surface area contributed by atoms with E-state index >= 15 is 0 Å². The van der Waals surface area contributed by atoms with Crippen LogP contribution in [-0.2, 0) is 4.74 Å². The summed E-state index contributed by atoms with van der Waals surface area (Å²) in [5, 5.41) is 4.20. The van der Waals surface area contributed by atoms with Crippen LogP contribution in [0.4, 0.5) is 0 Å². The van der Waals surface area contributed by atoms with Gasteiger partial charge >= 0.3 is 0 Å². The maximum absolute atomic E-state index is 6.11. The molecule has 0 heterocycles. The molecule has 3 heteroatoms. The summed E-state index contributed by atoms with van der Waals surface area (Å²) in [5.41, 5.74) is 1.13. The molecule has 0 saturated heterocycles. The molecule has 1 N–H and O–H groups in total. The average Bonchev–Trinajstić information content (AvgIpc) is 2.24. The summed E-state index contributed by atoms with van der Waals surface area (Å²) in [5.74, 6) is 0. The Hall–Kier alpha value is -0.570. The van der Waals surface area contributed by atoms with Gasteiger partial charge in [0.05, 0.1) is 12.7 Å². The Bertz CT molecular complexity index is 315. The second-order valence-corrected chi connectivity index (χ2v) is 4.52. The quantitative estimate of drug-likeness (QED) is 0.771. The number of hydrogen-bond donors (Lipinski definition) is 1. The van der Waals surface area contributed by atoms with Crippen molar-refractivity contribution in [1.29, 1.82) is 0 Å². The lowest BCUT2D eigenvalue weighted by molar-refractivity contribution is 0.0796. The lowest BCUT2D eigenvalue weighted by Crippen LogP contribution is -2.24. The molecule has 2 nitrogen and oxygen atoms in total. The highest BCUT2D eigenvalue weighted by Crippen LogP contribution is 2.21. The van der Waals surface area contributed by atoms with E-state index in [1.807, 2.05) is 38.1 Å². The van der Waals surface area contributed by atoms with Gasteiger partial charge in [-0.1, -0.05) is 29.8 Å². The zero-order valence-corrected chi connectivity index (χ0v) is 10.9. The van der Waals surface area contributed by atoms with Gasteiger partial charge in [-0.2, -0.15) is 0 Å². The van der Waals surface area contributed by atoms with Crippen LogP contribution in [-0.4, -0.2) is 19.3 Å². The van der Waals surface area contributed by atoms with Crippen molar-refractivity contribution < 1.29 is 4.74 Å². The van der Waals surface area contributed by atoms with Crippen LogP contribution >= 0.6 is 11.6 Å². The molecule has 1 aromatic rings. The van der Waals surface area contributed by atoms with Crippen LogP contribution in [0, 0.1) is 0 Å². The molecule has 0 radical (unpaired) electrons. The van der Waals surface area contributed by atoms with Crippen molar-refractivity contribution in [3.05, 3.63) is 34.9 Å². The predicted molar refractivity (Wildman–Crippen MR) is 69.0 cm³/mol. The third-order valence-corrected chi connectivity index (χ3v) is 2.72. The summed E-state index contributed by atoms with van der Waals surface area (Å²) in [6.07, 6.45) is 0.289. The fourth-order valence-corrected chi connectivity index (χ4v) is 1.81. The van der Waals surface area contributed by atoms with Gasteiger partial charge in [0.25, 0.3) is 0 Å². The van der Waals surface area contributed by atoms with Gasteiger partial charge in [-0.05, 0) is 32.4 Å². The number of halogens is 1. The van der Waals surface area contributed by atoms with Crippen LogP contribution in [0.15, 0.2) is 24.3 Å². The van der Waals surface area contributed by atoms with E-state index in [0.29, 0.717) is 0 Å². The van der Waals surface area contributed by atoms with Crippen molar-refractivity contribution in [3.63, 3.8) is 0 Å². The summed E-state index contributed by atoms with van der Waals surface area (Å²) in [6.45, 7) is 7.75. The third-order valence-electron chi connectivity index (χ3n) is 2.38. The highest BCUT2D eigenvalue weighted by molar-refractivity contribution is 6.31. The highest BCUT2D eigenvalue weighted by atomic mass is 35.5. The Balaban J connectivity index is 2.35. The zero-order chi connectivity index (χ0) is 12.0. The molecule has 0 aliphatic carbocycles. The van der Waals surface area contributed by atoms with Crippen LogP contribution in [0.25, 0.3) is 0 Å². The van der Waals surface area contributed by atoms with Gasteiger partial charge in [0.2, 0.25) is 0 Å². The lowest BCUT2D eigenvalue weighted by atomic mass is 10.1. The molecule has 1 atom stereocenters. The normalized spacial score (nSPS) is 13.1. The minimum absolute atomic E-state index is 0.254. The standard InChI is InChI=1S/C13H20ClNO/c1-10(2)16-9-8-15-11(3)12-6-4-5-7-13(12)14/h4-7,10-11,15H,8-9H2,1-3H3. The maximum atomic E-state index is 6.11. The molecule has 0 spiro atoms. The van der Waals surface area contributed by atoms with Gasteiger partial charge in [0.1, 0.15) is 0 Å². The van der Waals surface area contributed by atoms with Crippen LogP contribution in [0.2, 0.25) is 5.02 Å². The van der Waals surface area contributed by atoms with Crippen molar-refractivity contribution in [2.75, 3.05) is 13.2 Å². The molecule has 0 aromatic heterocycles. The minimum atomic E-state index is 0.254. The third kappa shape index (κ3) is 4.52. The molecule has 90 valence electrons. The van der Waals surface area contributed by atoms with E-state index in [-0.39, 0.29) is 12.1 Å². The number of ether oxygens (including phenoxy) is 1. The first-order valence-corrected chi connectivity index (χ1v) is 6.08. The molecule has 0 aliphatic rings. The Kier molecular flexibility index (Phi) is 5.81. The minimum Gasteiger partial charge on any atom is -0.377 e. The summed E-state index contributed by atoms with van der Waals surface area (Å²) in [6, 6.07) is 8.16. The summed E-state index contributed by atoms with van der Waals surface area (Å²) in [4.78, 5) is 0. The van der Waals surface area contributed by atoms with E-state index in [4.69, 9.17) is 16.3 Å². The molecule has 16 heavy (non-hydrogen) atoms. The summed E-state index contributed by atoms with van der Waals surface area (Å²) in [7, 11) is 0. The van der Waals surface area contributed by atoms with E-state index in [2.05, 4.69) is 12.2 Å². The second-order valence-electron chi connectivity index (χ2n) is 4.12. The largest absolute Gasteiger partial charge is 0.377 e. The van der Waals surface area contributed by atoms with Crippen molar-refractivity contribution in [2.24, 2.45) is 0 Å². The average molecular weight is 242 g/mol. The SMILES string of the molecule is CC(C)OCCNC(C)c1ccccc1Cl. The van der Waals surface area contributed by atoms with E-state index in [9.17, 15) is 0 Å². The molecule has 0 bridgehead atoms. The summed E-state index contributed by atoms with van der Waals surface area (Å²) >= 11 is 6.11. The van der Waals surface area contributed by atoms with Gasteiger partial charge in [-0.15, -0.1) is 0 Å². The first kappa shape index (κ1) is 13.5. The molecule has 0 fully saturated rings. The Morgan fingerprint density at radius 1 is 1.25 bits per heavy atom. The van der Waals surface area contributed by atoms with Gasteiger partial charge in [0, 0.05) is 17.6 Å². The van der Waals surface area contributed by atoms with E-state index in [0.717, 1.165) is 23.7 Å². The molecule has 1 rings (SSSR count). The maximum Gasteiger partial charge on any atom is 0.0594 e. The molecule has 0 saturated carbocycles. The van der Waals surface area contributed by atoms with E-state index < -0.39 is 0 Å². The van der Waals surface area contributed by atoms with Crippen LogP contribution in [0.1, 0.15) is 32.4 Å². The van der Waals surface area contributed by atoms with Crippen molar-refractivity contribution in [3.8, 4) is 0 Å². The van der Waals surface area contributed by atoms with Gasteiger partial charge in [-0.25, -0.2) is 0 Å². The zero-order valence-electron chi connectivity index (χ0n) is 10.2.